The summed E-state index contributed by atoms with van der Waals surface area (Å²) < 4.78 is 1.76. The van der Waals surface area contributed by atoms with Crippen molar-refractivity contribution in [1.29, 1.82) is 0 Å². The summed E-state index contributed by atoms with van der Waals surface area (Å²) in [6, 6.07) is 9.81. The van der Waals surface area contributed by atoms with Crippen LogP contribution in [0.5, 0.6) is 0 Å². The van der Waals surface area contributed by atoms with Crippen molar-refractivity contribution in [3.63, 3.8) is 0 Å². The van der Waals surface area contributed by atoms with Crippen molar-refractivity contribution >= 4 is 23.6 Å². The van der Waals surface area contributed by atoms with Crippen LogP contribution in [0.15, 0.2) is 30.3 Å². The third-order valence-corrected chi connectivity index (χ3v) is 8.49. The van der Waals surface area contributed by atoms with Crippen LogP contribution in [0, 0.1) is 5.92 Å². The highest BCUT2D eigenvalue weighted by Gasteiger charge is 2.32. The molecule has 1 unspecified atom stereocenters. The number of nitrogens with zero attached hydrogens (tertiary/aromatic N) is 4. The Morgan fingerprint density at radius 1 is 1.02 bits per heavy atom. The summed E-state index contributed by atoms with van der Waals surface area (Å²) in [7, 11) is 1.84. The highest BCUT2D eigenvalue weighted by molar-refractivity contribution is 5.94. The van der Waals surface area contributed by atoms with Gasteiger partial charge in [0, 0.05) is 62.9 Å². The fourth-order valence-corrected chi connectivity index (χ4v) is 5.96. The fraction of sp³-hybridized carbons (Fsp3) is 0.567. The molecule has 1 saturated carbocycles. The Morgan fingerprint density at radius 2 is 1.82 bits per heavy atom. The Hall–Kier alpha value is -3.69. The monoisotopic (exact) mass is 548 g/mol. The lowest BCUT2D eigenvalue weighted by Gasteiger charge is -2.32. The predicted molar refractivity (Wildman–Crippen MR) is 149 cm³/mol. The molecule has 0 radical (unpaired) electrons. The first kappa shape index (κ1) is 27.9. The lowest BCUT2D eigenvalue weighted by atomic mass is 9.84. The van der Waals surface area contributed by atoms with Crippen molar-refractivity contribution in [2.75, 3.05) is 32.7 Å². The Morgan fingerprint density at radius 3 is 2.58 bits per heavy atom. The number of fused-ring (bicyclic) bond motifs is 1. The van der Waals surface area contributed by atoms with E-state index < -0.39 is 0 Å². The molecule has 4 amide bonds. The van der Waals surface area contributed by atoms with Gasteiger partial charge in [-0.3, -0.25) is 23.9 Å². The number of carbonyl (C=O) groups excluding carboxylic acids is 4. The van der Waals surface area contributed by atoms with Crippen LogP contribution in [0.25, 0.3) is 0 Å². The van der Waals surface area contributed by atoms with Gasteiger partial charge in [0.15, 0.2) is 5.69 Å². The van der Waals surface area contributed by atoms with E-state index in [0.29, 0.717) is 57.6 Å². The van der Waals surface area contributed by atoms with E-state index in [-0.39, 0.29) is 48.6 Å². The summed E-state index contributed by atoms with van der Waals surface area (Å²) >= 11 is 0. The molecule has 2 N–H and O–H groups in total. The van der Waals surface area contributed by atoms with Crippen molar-refractivity contribution in [2.45, 2.75) is 63.8 Å². The molecule has 2 bridgehead atoms. The van der Waals surface area contributed by atoms with E-state index >= 15 is 0 Å². The zero-order valence-corrected chi connectivity index (χ0v) is 23.4. The molecule has 1 fully saturated rings. The highest BCUT2D eigenvalue weighted by atomic mass is 16.2. The third kappa shape index (κ3) is 6.54. The van der Waals surface area contributed by atoms with E-state index in [4.69, 9.17) is 0 Å². The topological polar surface area (TPSA) is 117 Å². The number of carbonyl (C=O) groups is 4. The zero-order valence-electron chi connectivity index (χ0n) is 23.4. The van der Waals surface area contributed by atoms with Gasteiger partial charge in [-0.1, -0.05) is 36.8 Å². The quantitative estimate of drug-likeness (QED) is 0.602. The summed E-state index contributed by atoms with van der Waals surface area (Å²) in [4.78, 5) is 56.2. The Bertz CT molecular complexity index is 1240. The molecule has 0 saturated heterocycles. The molecular weight excluding hydrogens is 508 g/mol. The van der Waals surface area contributed by atoms with Crippen LogP contribution in [-0.2, 0) is 40.7 Å². The minimum absolute atomic E-state index is 0.0138. The first-order valence-electron chi connectivity index (χ1n) is 14.6. The lowest BCUT2D eigenvalue weighted by Crippen LogP contribution is -2.46. The number of rotatable bonds is 4. The average molecular weight is 549 g/mol. The molecule has 2 heterocycles. The van der Waals surface area contributed by atoms with Gasteiger partial charge in [-0.25, -0.2) is 0 Å². The maximum atomic E-state index is 13.4. The maximum Gasteiger partial charge on any atom is 0.272 e. The zero-order chi connectivity index (χ0) is 28.1. The number of hydrogen-bond donors (Lipinski definition) is 2. The van der Waals surface area contributed by atoms with Crippen molar-refractivity contribution in [1.82, 2.24) is 30.2 Å². The number of benzene rings is 1. The number of aromatic nitrogens is 2. The first-order chi connectivity index (χ1) is 19.4. The van der Waals surface area contributed by atoms with E-state index in [1.165, 1.54) is 0 Å². The van der Waals surface area contributed by atoms with Gasteiger partial charge in [-0.05, 0) is 50.5 Å². The third-order valence-electron chi connectivity index (χ3n) is 8.49. The van der Waals surface area contributed by atoms with Crippen LogP contribution in [0.2, 0.25) is 0 Å². The van der Waals surface area contributed by atoms with E-state index in [1.807, 2.05) is 37.4 Å². The standard InChI is InChI=1S/C30H40N6O4/c1-34-25-13-12-23-19-24(25)28(33-34)29(39)31-15-18-35(30(40)22-9-5-10-22)16-6-11-27(38)36(20-26(37)32-23)17-14-21-7-3-2-4-8-21/h2-4,7-8,22-23H,5-6,9-20H2,1H3,(H,31,39)(H,32,37). The van der Waals surface area contributed by atoms with E-state index in [2.05, 4.69) is 15.7 Å². The minimum atomic E-state index is -0.258. The normalized spacial score (nSPS) is 21.3. The molecule has 1 atom stereocenters. The van der Waals surface area contributed by atoms with Crippen molar-refractivity contribution < 1.29 is 19.2 Å². The molecule has 5 rings (SSSR count). The van der Waals surface area contributed by atoms with Crippen molar-refractivity contribution in [2.24, 2.45) is 13.0 Å². The summed E-state index contributed by atoms with van der Waals surface area (Å²) in [6.07, 6.45) is 6.23. The van der Waals surface area contributed by atoms with Crippen LogP contribution >= 0.6 is 0 Å². The number of hydrogen-bond acceptors (Lipinski definition) is 5. The van der Waals surface area contributed by atoms with Crippen LogP contribution < -0.4 is 10.6 Å². The molecule has 40 heavy (non-hydrogen) atoms. The van der Waals surface area contributed by atoms with Gasteiger partial charge in [0.25, 0.3) is 5.91 Å². The van der Waals surface area contributed by atoms with Gasteiger partial charge in [0.05, 0.1) is 6.54 Å². The van der Waals surface area contributed by atoms with Crippen LogP contribution in [-0.4, -0.2) is 82.0 Å². The molecule has 10 nitrogen and oxygen atoms in total. The predicted octanol–water partition coefficient (Wildman–Crippen LogP) is 1.62. The summed E-state index contributed by atoms with van der Waals surface area (Å²) in [5.41, 5.74) is 3.37. The molecule has 2 aromatic rings. The summed E-state index contributed by atoms with van der Waals surface area (Å²) in [6.45, 7) is 1.59. The molecule has 10 heteroatoms. The van der Waals surface area contributed by atoms with Gasteiger partial charge in [0.1, 0.15) is 0 Å². The number of nitrogens with one attached hydrogen (secondary N) is 2. The smallest absolute Gasteiger partial charge is 0.272 e. The van der Waals surface area contributed by atoms with Gasteiger partial charge in [-0.2, -0.15) is 5.10 Å². The van der Waals surface area contributed by atoms with Crippen LogP contribution in [0.1, 0.15) is 65.8 Å². The number of aryl methyl sites for hydroxylation is 1. The number of amides is 4. The first-order valence-corrected chi connectivity index (χ1v) is 14.6. The van der Waals surface area contributed by atoms with Gasteiger partial charge >= 0.3 is 0 Å². The maximum absolute atomic E-state index is 13.4. The highest BCUT2D eigenvalue weighted by Crippen LogP contribution is 2.28. The SMILES string of the molecule is Cn1nc2c3c1CCC(C3)NC(=O)CN(CCc1ccccc1)C(=O)CCCN(C(=O)C1CCC1)CCNC2=O. The Balaban J connectivity index is 1.35. The van der Waals surface area contributed by atoms with Gasteiger partial charge in [-0.15, -0.1) is 0 Å². The van der Waals surface area contributed by atoms with E-state index in [9.17, 15) is 19.2 Å². The molecule has 0 spiro atoms. The second-order valence-corrected chi connectivity index (χ2v) is 11.3. The molecule has 2 aliphatic carbocycles. The molecule has 214 valence electrons. The van der Waals surface area contributed by atoms with E-state index in [0.717, 1.165) is 42.5 Å². The minimum Gasteiger partial charge on any atom is -0.351 e. The molecule has 1 aromatic heterocycles. The molecule has 1 aliphatic heterocycles. The van der Waals surface area contributed by atoms with Gasteiger partial charge in [0.2, 0.25) is 17.7 Å². The Labute approximate surface area is 235 Å². The second kappa shape index (κ2) is 12.7. The summed E-state index contributed by atoms with van der Waals surface area (Å²) in [5.74, 6) is -0.405. The molecule has 3 aliphatic rings. The molecular formula is C30H40N6O4. The average Bonchev–Trinajstić information content (AvgIpc) is 3.24. The van der Waals surface area contributed by atoms with Crippen LogP contribution in [0.3, 0.4) is 0 Å². The second-order valence-electron chi connectivity index (χ2n) is 11.3. The van der Waals surface area contributed by atoms with Crippen LogP contribution in [0.4, 0.5) is 0 Å². The Kier molecular flexibility index (Phi) is 8.81. The molecule has 1 aromatic carbocycles. The van der Waals surface area contributed by atoms with Gasteiger partial charge < -0.3 is 20.4 Å². The van der Waals surface area contributed by atoms with Crippen molar-refractivity contribution in [3.05, 3.63) is 52.8 Å². The largest absolute Gasteiger partial charge is 0.351 e. The van der Waals surface area contributed by atoms with Crippen molar-refractivity contribution in [3.8, 4) is 0 Å². The summed E-state index contributed by atoms with van der Waals surface area (Å²) in [5, 5.41) is 10.6. The fourth-order valence-electron chi connectivity index (χ4n) is 5.96. The van der Waals surface area contributed by atoms with E-state index in [1.54, 1.807) is 14.5 Å². The lowest BCUT2D eigenvalue weighted by molar-refractivity contribution is -0.139.